The van der Waals surface area contributed by atoms with Crippen LogP contribution in [-0.2, 0) is 0 Å². The highest BCUT2D eigenvalue weighted by Crippen LogP contribution is 2.28. The van der Waals surface area contributed by atoms with Crippen LogP contribution in [0.1, 0.15) is 13.8 Å². The molecule has 0 fully saturated rings. The van der Waals surface area contributed by atoms with Crippen LogP contribution in [0.15, 0.2) is 95.5 Å². The van der Waals surface area contributed by atoms with E-state index in [1.54, 1.807) is 0 Å². The van der Waals surface area contributed by atoms with Crippen molar-refractivity contribution < 1.29 is 0 Å². The number of halogens is 1. The van der Waals surface area contributed by atoms with Crippen molar-refractivity contribution in [2.45, 2.75) is 13.8 Å². The first-order valence-corrected chi connectivity index (χ1v) is 9.85. The zero-order valence-corrected chi connectivity index (χ0v) is 17.0. The Bertz CT molecular complexity index is 941. The largest absolute Gasteiger partial charge is 0.228 e. The first-order chi connectivity index (χ1) is 13.3. The highest BCUT2D eigenvalue weighted by molar-refractivity contribution is 9.10. The van der Waals surface area contributed by atoms with Gasteiger partial charge in [-0.3, -0.25) is 0 Å². The third-order valence-electron chi connectivity index (χ3n) is 3.95. The zero-order valence-electron chi connectivity index (χ0n) is 15.4. The summed E-state index contributed by atoms with van der Waals surface area (Å²) in [7, 11) is 0. The molecule has 0 spiro atoms. The lowest BCUT2D eigenvalue weighted by Gasteiger charge is -2.09. The van der Waals surface area contributed by atoms with Crippen LogP contribution in [0.4, 0.5) is 0 Å². The van der Waals surface area contributed by atoms with Crippen molar-refractivity contribution in [3.05, 3.63) is 95.5 Å². The van der Waals surface area contributed by atoms with Gasteiger partial charge in [-0.05, 0) is 18.2 Å². The van der Waals surface area contributed by atoms with Crippen molar-refractivity contribution in [3.63, 3.8) is 0 Å². The summed E-state index contributed by atoms with van der Waals surface area (Å²) < 4.78 is 1.03. The number of benzene rings is 3. The average molecular weight is 417 g/mol. The molecular formula is C24H21BrN2. The minimum Gasteiger partial charge on any atom is -0.228 e. The van der Waals surface area contributed by atoms with E-state index in [9.17, 15) is 0 Å². The van der Waals surface area contributed by atoms with E-state index < -0.39 is 0 Å². The summed E-state index contributed by atoms with van der Waals surface area (Å²) in [5.41, 5.74) is 4.99. The van der Waals surface area contributed by atoms with Gasteiger partial charge in [-0.1, -0.05) is 103 Å². The SMILES string of the molecule is Brc1cccc(-c2cc(-c3ccccc3)nc(-c3ccccc3)n2)c1.CC. The van der Waals surface area contributed by atoms with Gasteiger partial charge >= 0.3 is 0 Å². The van der Waals surface area contributed by atoms with Crippen molar-refractivity contribution in [2.24, 2.45) is 0 Å². The summed E-state index contributed by atoms with van der Waals surface area (Å²) in [5, 5.41) is 0. The Morgan fingerprint density at radius 2 is 1.07 bits per heavy atom. The molecule has 0 unspecified atom stereocenters. The van der Waals surface area contributed by atoms with Crippen LogP contribution < -0.4 is 0 Å². The molecule has 4 aromatic rings. The first kappa shape index (κ1) is 19.0. The van der Waals surface area contributed by atoms with Crippen LogP contribution in [0.25, 0.3) is 33.9 Å². The van der Waals surface area contributed by atoms with E-state index >= 15 is 0 Å². The highest BCUT2D eigenvalue weighted by Gasteiger charge is 2.10. The molecule has 0 saturated heterocycles. The van der Waals surface area contributed by atoms with Crippen LogP contribution in [0.2, 0.25) is 0 Å². The molecule has 3 heteroatoms. The summed E-state index contributed by atoms with van der Waals surface area (Å²) in [6.07, 6.45) is 0. The number of aromatic nitrogens is 2. The van der Waals surface area contributed by atoms with Gasteiger partial charge in [-0.2, -0.15) is 0 Å². The lowest BCUT2D eigenvalue weighted by Crippen LogP contribution is -1.95. The Hall–Kier alpha value is -2.78. The average Bonchev–Trinajstić information content (AvgIpc) is 2.76. The van der Waals surface area contributed by atoms with Gasteiger partial charge in [-0.25, -0.2) is 9.97 Å². The van der Waals surface area contributed by atoms with Crippen LogP contribution in [0.3, 0.4) is 0 Å². The molecule has 0 saturated carbocycles. The molecule has 1 aromatic heterocycles. The summed E-state index contributed by atoms with van der Waals surface area (Å²) in [6.45, 7) is 4.00. The standard InChI is InChI=1S/C22H15BrN2.C2H6/c23-19-13-7-12-18(14-19)21-15-20(16-8-3-1-4-9-16)24-22(25-21)17-10-5-2-6-11-17;1-2/h1-15H;1-2H3. The van der Waals surface area contributed by atoms with Gasteiger partial charge in [0.2, 0.25) is 0 Å². The molecule has 0 atom stereocenters. The molecule has 0 aliphatic rings. The summed E-state index contributed by atoms with van der Waals surface area (Å²) in [5.74, 6) is 0.733. The van der Waals surface area contributed by atoms with E-state index in [1.807, 2.05) is 80.6 Å². The van der Waals surface area contributed by atoms with Gasteiger partial charge in [-0.15, -0.1) is 0 Å². The molecule has 1 heterocycles. The Labute approximate surface area is 169 Å². The van der Waals surface area contributed by atoms with Gasteiger partial charge < -0.3 is 0 Å². The number of nitrogens with zero attached hydrogens (tertiary/aromatic N) is 2. The van der Waals surface area contributed by atoms with Gasteiger partial charge in [0, 0.05) is 21.2 Å². The predicted octanol–water partition coefficient (Wildman–Crippen LogP) is 7.27. The zero-order chi connectivity index (χ0) is 19.1. The molecule has 0 amide bonds. The summed E-state index contributed by atoms with van der Waals surface area (Å²) in [6, 6.07) is 30.5. The van der Waals surface area contributed by atoms with E-state index in [4.69, 9.17) is 9.97 Å². The second-order valence-corrected chi connectivity index (χ2v) is 6.62. The fourth-order valence-corrected chi connectivity index (χ4v) is 3.12. The minimum atomic E-state index is 0.733. The third kappa shape index (κ3) is 4.69. The van der Waals surface area contributed by atoms with E-state index in [2.05, 4.69) is 40.2 Å². The van der Waals surface area contributed by atoms with E-state index in [0.29, 0.717) is 0 Å². The molecule has 27 heavy (non-hydrogen) atoms. The molecule has 0 N–H and O–H groups in total. The normalized spacial score (nSPS) is 10.0. The summed E-state index contributed by atoms with van der Waals surface area (Å²) in [4.78, 5) is 9.61. The minimum absolute atomic E-state index is 0.733. The topological polar surface area (TPSA) is 25.8 Å². The van der Waals surface area contributed by atoms with E-state index in [1.165, 1.54) is 0 Å². The fourth-order valence-electron chi connectivity index (χ4n) is 2.72. The maximum atomic E-state index is 4.81. The van der Waals surface area contributed by atoms with Crippen molar-refractivity contribution in [2.75, 3.05) is 0 Å². The smallest absolute Gasteiger partial charge is 0.160 e. The lowest BCUT2D eigenvalue weighted by molar-refractivity contribution is 1.18. The molecular weight excluding hydrogens is 396 g/mol. The number of rotatable bonds is 3. The number of hydrogen-bond acceptors (Lipinski definition) is 2. The molecule has 3 aromatic carbocycles. The Morgan fingerprint density at radius 1 is 0.556 bits per heavy atom. The van der Waals surface area contributed by atoms with E-state index in [-0.39, 0.29) is 0 Å². The van der Waals surface area contributed by atoms with Crippen molar-refractivity contribution >= 4 is 15.9 Å². The molecule has 0 aliphatic carbocycles. The molecule has 4 rings (SSSR count). The molecule has 0 aliphatic heterocycles. The van der Waals surface area contributed by atoms with Crippen molar-refractivity contribution in [3.8, 4) is 33.9 Å². The Morgan fingerprint density at radius 3 is 1.67 bits per heavy atom. The van der Waals surface area contributed by atoms with Crippen LogP contribution in [-0.4, -0.2) is 9.97 Å². The number of hydrogen-bond donors (Lipinski definition) is 0. The second kappa shape index (κ2) is 9.24. The Balaban J connectivity index is 0.00000102. The molecule has 134 valence electrons. The third-order valence-corrected chi connectivity index (χ3v) is 4.44. The van der Waals surface area contributed by atoms with Crippen LogP contribution in [0, 0.1) is 0 Å². The van der Waals surface area contributed by atoms with Crippen LogP contribution >= 0.6 is 15.9 Å². The second-order valence-electron chi connectivity index (χ2n) is 5.70. The van der Waals surface area contributed by atoms with Crippen LogP contribution in [0.5, 0.6) is 0 Å². The maximum absolute atomic E-state index is 4.81. The Kier molecular flexibility index (Phi) is 6.50. The van der Waals surface area contributed by atoms with Gasteiger partial charge in [0.05, 0.1) is 11.4 Å². The first-order valence-electron chi connectivity index (χ1n) is 9.05. The van der Waals surface area contributed by atoms with E-state index in [0.717, 1.165) is 38.4 Å². The highest BCUT2D eigenvalue weighted by atomic mass is 79.9. The van der Waals surface area contributed by atoms with Gasteiger partial charge in [0.1, 0.15) is 0 Å². The van der Waals surface area contributed by atoms with Gasteiger partial charge in [0.25, 0.3) is 0 Å². The van der Waals surface area contributed by atoms with Gasteiger partial charge in [0.15, 0.2) is 5.82 Å². The molecule has 2 nitrogen and oxygen atoms in total. The quantitative estimate of drug-likeness (QED) is 0.350. The molecule has 0 bridgehead atoms. The maximum Gasteiger partial charge on any atom is 0.160 e. The fraction of sp³-hybridized carbons (Fsp3) is 0.0833. The summed E-state index contributed by atoms with van der Waals surface area (Å²) >= 11 is 3.54. The predicted molar refractivity (Wildman–Crippen MR) is 117 cm³/mol. The van der Waals surface area contributed by atoms with Crippen molar-refractivity contribution in [1.82, 2.24) is 9.97 Å². The lowest BCUT2D eigenvalue weighted by atomic mass is 10.1. The molecule has 0 radical (unpaired) electrons. The monoisotopic (exact) mass is 416 g/mol. The van der Waals surface area contributed by atoms with Crippen molar-refractivity contribution in [1.29, 1.82) is 0 Å².